The van der Waals surface area contributed by atoms with Gasteiger partial charge in [0, 0.05) is 18.4 Å². The van der Waals surface area contributed by atoms with Crippen molar-refractivity contribution in [1.29, 1.82) is 0 Å². The van der Waals surface area contributed by atoms with Crippen LogP contribution in [0.1, 0.15) is 18.7 Å². The maximum atomic E-state index is 3.37. The number of aromatic amines is 1. The second kappa shape index (κ2) is 2.13. The summed E-state index contributed by atoms with van der Waals surface area (Å²) in [6.07, 6.45) is 1.97. The highest BCUT2D eigenvalue weighted by atomic mass is 15.0. The average Bonchev–Trinajstić information content (AvgIpc) is 2.37. The van der Waals surface area contributed by atoms with Crippen molar-refractivity contribution in [3.63, 3.8) is 0 Å². The number of hydrogen-bond donors (Lipinski definition) is 2. The Labute approximate surface area is 60.6 Å². The third-order valence-corrected chi connectivity index (χ3v) is 2.19. The van der Waals surface area contributed by atoms with E-state index >= 15 is 0 Å². The third kappa shape index (κ3) is 0.762. The van der Waals surface area contributed by atoms with Crippen molar-refractivity contribution in [2.75, 3.05) is 6.54 Å². The second-order valence-electron chi connectivity index (χ2n) is 2.99. The summed E-state index contributed by atoms with van der Waals surface area (Å²) in [7, 11) is 0. The Morgan fingerprint density at radius 1 is 1.60 bits per heavy atom. The van der Waals surface area contributed by atoms with Crippen molar-refractivity contribution in [2.45, 2.75) is 13.0 Å². The molecule has 0 aromatic carbocycles. The predicted octanol–water partition coefficient (Wildman–Crippen LogP) is 1.30. The molecular formula is C8H12N2. The zero-order chi connectivity index (χ0) is 6.97. The zero-order valence-corrected chi connectivity index (χ0v) is 6.09. The summed E-state index contributed by atoms with van der Waals surface area (Å²) < 4.78 is 0. The van der Waals surface area contributed by atoms with Crippen LogP contribution >= 0.6 is 0 Å². The van der Waals surface area contributed by atoms with Gasteiger partial charge >= 0.3 is 0 Å². The van der Waals surface area contributed by atoms with Gasteiger partial charge in [-0.3, -0.25) is 0 Å². The molecule has 0 saturated carbocycles. The smallest absolute Gasteiger partial charge is 0.0511 e. The Balaban J connectivity index is 2.14. The van der Waals surface area contributed by atoms with Gasteiger partial charge in [0.15, 0.2) is 0 Å². The summed E-state index contributed by atoms with van der Waals surface area (Å²) in [5.74, 6) is 0.790. The number of rotatable bonds is 1. The zero-order valence-electron chi connectivity index (χ0n) is 6.09. The van der Waals surface area contributed by atoms with Crippen molar-refractivity contribution < 1.29 is 0 Å². The topological polar surface area (TPSA) is 27.8 Å². The summed E-state index contributed by atoms with van der Waals surface area (Å²) >= 11 is 0. The molecular weight excluding hydrogens is 124 g/mol. The maximum absolute atomic E-state index is 3.37. The van der Waals surface area contributed by atoms with Gasteiger partial charge in [0.2, 0.25) is 0 Å². The fourth-order valence-corrected chi connectivity index (χ4v) is 1.43. The molecule has 1 aliphatic rings. The highest BCUT2D eigenvalue weighted by Crippen LogP contribution is 2.26. The standard InChI is InChI=1S/C8H12N2/c1-6-5-10-8(6)7-3-2-4-9-7/h2-4,6,8-10H,5H2,1H3. The van der Waals surface area contributed by atoms with Crippen LogP contribution in [0.5, 0.6) is 0 Å². The first-order chi connectivity index (χ1) is 4.88. The van der Waals surface area contributed by atoms with Gasteiger partial charge in [0.25, 0.3) is 0 Å². The van der Waals surface area contributed by atoms with Gasteiger partial charge in [-0.2, -0.15) is 0 Å². The molecule has 2 heterocycles. The van der Waals surface area contributed by atoms with Crippen molar-refractivity contribution in [1.82, 2.24) is 10.3 Å². The number of H-pyrrole nitrogens is 1. The molecule has 1 aromatic rings. The first kappa shape index (κ1) is 5.98. The average molecular weight is 136 g/mol. The van der Waals surface area contributed by atoms with Gasteiger partial charge in [0.05, 0.1) is 6.04 Å². The molecule has 2 heteroatoms. The molecule has 54 valence electrons. The highest BCUT2D eigenvalue weighted by Gasteiger charge is 2.27. The first-order valence-corrected chi connectivity index (χ1v) is 3.74. The molecule has 0 radical (unpaired) electrons. The van der Waals surface area contributed by atoms with Crippen LogP contribution in [-0.2, 0) is 0 Å². The molecule has 10 heavy (non-hydrogen) atoms. The van der Waals surface area contributed by atoms with Crippen molar-refractivity contribution in [3.8, 4) is 0 Å². The second-order valence-corrected chi connectivity index (χ2v) is 2.99. The van der Waals surface area contributed by atoms with Crippen molar-refractivity contribution in [2.24, 2.45) is 5.92 Å². The Morgan fingerprint density at radius 3 is 2.90 bits per heavy atom. The molecule has 1 aromatic heterocycles. The number of nitrogens with one attached hydrogen (secondary N) is 2. The monoisotopic (exact) mass is 136 g/mol. The van der Waals surface area contributed by atoms with Crippen LogP contribution in [0.3, 0.4) is 0 Å². The van der Waals surface area contributed by atoms with Crippen LogP contribution in [0.15, 0.2) is 18.3 Å². The lowest BCUT2D eigenvalue weighted by atomic mass is 9.91. The lowest BCUT2D eigenvalue weighted by Crippen LogP contribution is -2.44. The molecule has 2 atom stereocenters. The van der Waals surface area contributed by atoms with Gasteiger partial charge < -0.3 is 10.3 Å². The summed E-state index contributed by atoms with van der Waals surface area (Å²) in [5, 5.41) is 3.37. The van der Waals surface area contributed by atoms with Crippen LogP contribution in [0, 0.1) is 5.92 Å². The molecule has 1 fully saturated rings. The lowest BCUT2D eigenvalue weighted by Gasteiger charge is -2.34. The highest BCUT2D eigenvalue weighted by molar-refractivity contribution is 5.13. The molecule has 0 amide bonds. The fourth-order valence-electron chi connectivity index (χ4n) is 1.43. The summed E-state index contributed by atoms with van der Waals surface area (Å²) in [4.78, 5) is 3.21. The van der Waals surface area contributed by atoms with Gasteiger partial charge in [-0.15, -0.1) is 0 Å². The summed E-state index contributed by atoms with van der Waals surface area (Å²) in [6.45, 7) is 3.42. The normalized spacial score (nSPS) is 31.7. The van der Waals surface area contributed by atoms with Crippen molar-refractivity contribution >= 4 is 0 Å². The van der Waals surface area contributed by atoms with Gasteiger partial charge in [0.1, 0.15) is 0 Å². The molecule has 0 spiro atoms. The van der Waals surface area contributed by atoms with E-state index in [9.17, 15) is 0 Å². The van der Waals surface area contributed by atoms with Crippen LogP contribution in [0.2, 0.25) is 0 Å². The molecule has 0 aliphatic carbocycles. The van der Waals surface area contributed by atoms with E-state index in [4.69, 9.17) is 0 Å². The number of aromatic nitrogens is 1. The van der Waals surface area contributed by atoms with Gasteiger partial charge in [-0.25, -0.2) is 0 Å². The third-order valence-electron chi connectivity index (χ3n) is 2.19. The van der Waals surface area contributed by atoms with E-state index in [2.05, 4.69) is 23.3 Å². The van der Waals surface area contributed by atoms with Crippen LogP contribution in [-0.4, -0.2) is 11.5 Å². The van der Waals surface area contributed by atoms with Crippen LogP contribution in [0.4, 0.5) is 0 Å². The van der Waals surface area contributed by atoms with E-state index in [1.807, 2.05) is 12.3 Å². The number of hydrogen-bond acceptors (Lipinski definition) is 1. The minimum absolute atomic E-state index is 0.579. The maximum Gasteiger partial charge on any atom is 0.0511 e. The van der Waals surface area contributed by atoms with E-state index in [1.165, 1.54) is 5.69 Å². The van der Waals surface area contributed by atoms with E-state index in [-0.39, 0.29) is 0 Å². The van der Waals surface area contributed by atoms with Crippen LogP contribution in [0.25, 0.3) is 0 Å². The fraction of sp³-hybridized carbons (Fsp3) is 0.500. The summed E-state index contributed by atoms with van der Waals surface area (Å²) in [5.41, 5.74) is 1.32. The lowest BCUT2D eigenvalue weighted by molar-refractivity contribution is 0.254. The molecule has 1 aliphatic heterocycles. The van der Waals surface area contributed by atoms with Gasteiger partial charge in [-0.05, 0) is 18.1 Å². The Hall–Kier alpha value is -0.760. The summed E-state index contributed by atoms with van der Waals surface area (Å²) in [6, 6.07) is 4.75. The Kier molecular flexibility index (Phi) is 1.27. The molecule has 2 unspecified atom stereocenters. The molecule has 1 saturated heterocycles. The van der Waals surface area contributed by atoms with E-state index in [0.717, 1.165) is 12.5 Å². The predicted molar refractivity (Wildman–Crippen MR) is 40.7 cm³/mol. The van der Waals surface area contributed by atoms with E-state index in [1.54, 1.807) is 0 Å². The first-order valence-electron chi connectivity index (χ1n) is 3.74. The van der Waals surface area contributed by atoms with Crippen molar-refractivity contribution in [3.05, 3.63) is 24.0 Å². The Bertz CT molecular complexity index is 203. The van der Waals surface area contributed by atoms with E-state index in [0.29, 0.717) is 6.04 Å². The quantitative estimate of drug-likeness (QED) is 0.598. The SMILES string of the molecule is CC1CNC1c1ccc[nH]1. The van der Waals surface area contributed by atoms with Crippen LogP contribution < -0.4 is 5.32 Å². The minimum atomic E-state index is 0.579. The largest absolute Gasteiger partial charge is 0.364 e. The van der Waals surface area contributed by atoms with E-state index < -0.39 is 0 Å². The molecule has 2 rings (SSSR count). The molecule has 2 N–H and O–H groups in total. The Morgan fingerprint density at radius 2 is 2.50 bits per heavy atom. The minimum Gasteiger partial charge on any atom is -0.364 e. The molecule has 0 bridgehead atoms. The molecule has 2 nitrogen and oxygen atoms in total. The van der Waals surface area contributed by atoms with Gasteiger partial charge in [-0.1, -0.05) is 6.92 Å².